The van der Waals surface area contributed by atoms with Crippen LogP contribution in [-0.2, 0) is 9.53 Å². The molecule has 0 aromatic carbocycles. The maximum absolute atomic E-state index is 11.2. The second-order valence-electron chi connectivity index (χ2n) is 6.76. The van der Waals surface area contributed by atoms with Crippen LogP contribution < -0.4 is 0 Å². The normalized spacial score (nSPS) is 11.5. The molecule has 3 nitrogen and oxygen atoms in total. The number of ether oxygens (including phenoxy) is 1. The highest BCUT2D eigenvalue weighted by Crippen LogP contribution is 2.12. The smallest absolute Gasteiger partial charge is 0.333 e. The first-order chi connectivity index (χ1) is 11.0. The van der Waals surface area contributed by atoms with Crippen molar-refractivity contribution in [2.75, 3.05) is 32.8 Å². The minimum Gasteiger partial charge on any atom is -0.462 e. The number of quaternary nitrogens is 1. The molecule has 0 unspecified atom stereocenters. The Morgan fingerprint density at radius 1 is 0.826 bits per heavy atom. The summed E-state index contributed by atoms with van der Waals surface area (Å²) in [4.78, 5) is 11.2. The molecule has 0 saturated carbocycles. The molecule has 0 aromatic heterocycles. The monoisotopic (exact) mass is 326 g/mol. The Bertz CT molecular complexity index is 313. The summed E-state index contributed by atoms with van der Waals surface area (Å²) in [7, 11) is 0. The van der Waals surface area contributed by atoms with Gasteiger partial charge in [0, 0.05) is 5.57 Å². The van der Waals surface area contributed by atoms with E-state index in [1.54, 1.807) is 6.92 Å². The van der Waals surface area contributed by atoms with E-state index in [1.807, 2.05) is 0 Å². The van der Waals surface area contributed by atoms with Gasteiger partial charge in [-0.15, -0.1) is 0 Å². The van der Waals surface area contributed by atoms with E-state index in [1.165, 1.54) is 69.2 Å². The zero-order valence-corrected chi connectivity index (χ0v) is 16.2. The van der Waals surface area contributed by atoms with Crippen LogP contribution in [0.4, 0.5) is 0 Å². The predicted octanol–water partition coefficient (Wildman–Crippen LogP) is 5.10. The molecule has 0 atom stereocenters. The number of hydrogen-bond acceptors (Lipinski definition) is 2. The van der Waals surface area contributed by atoms with Gasteiger partial charge < -0.3 is 9.22 Å². The summed E-state index contributed by atoms with van der Waals surface area (Å²) in [6.45, 7) is 17.9. The zero-order chi connectivity index (χ0) is 17.6. The average molecular weight is 327 g/mol. The van der Waals surface area contributed by atoms with Crippen LogP contribution in [0.15, 0.2) is 12.2 Å². The lowest BCUT2D eigenvalue weighted by Crippen LogP contribution is -2.48. The van der Waals surface area contributed by atoms with E-state index in [9.17, 15) is 4.79 Å². The molecule has 0 N–H and O–H groups in total. The molecule has 136 valence electrons. The van der Waals surface area contributed by atoms with Gasteiger partial charge in [0.25, 0.3) is 0 Å². The quantitative estimate of drug-likeness (QED) is 0.181. The van der Waals surface area contributed by atoms with E-state index in [4.69, 9.17) is 4.74 Å². The third-order valence-corrected chi connectivity index (χ3v) is 5.12. The molecule has 0 radical (unpaired) electrons. The standard InChI is InChI=1S/C20H40NO2/c1-6-21(7-2,8-3)17-15-13-11-9-10-12-14-16-18-23-20(22)19(4)5/h4,6-18H2,1-3,5H3/q+1. The van der Waals surface area contributed by atoms with Crippen LogP contribution in [0.3, 0.4) is 0 Å². The van der Waals surface area contributed by atoms with Crippen molar-refractivity contribution < 1.29 is 14.0 Å². The molecule has 0 aliphatic rings. The number of rotatable bonds is 15. The number of hydrogen-bond donors (Lipinski definition) is 0. The van der Waals surface area contributed by atoms with Gasteiger partial charge in [-0.3, -0.25) is 0 Å². The fourth-order valence-electron chi connectivity index (χ4n) is 3.04. The SMILES string of the molecule is C=C(C)C(=O)OCCCCCCCCCC[N+](CC)(CC)CC. The van der Waals surface area contributed by atoms with E-state index in [0.717, 1.165) is 12.8 Å². The van der Waals surface area contributed by atoms with Gasteiger partial charge in [-0.25, -0.2) is 4.79 Å². The highest BCUT2D eigenvalue weighted by molar-refractivity contribution is 5.86. The first-order valence-electron chi connectivity index (χ1n) is 9.69. The Kier molecular flexibility index (Phi) is 13.1. The van der Waals surface area contributed by atoms with Crippen LogP contribution in [-0.4, -0.2) is 43.2 Å². The van der Waals surface area contributed by atoms with Crippen molar-refractivity contribution in [2.45, 2.75) is 79.1 Å². The van der Waals surface area contributed by atoms with Crippen LogP contribution in [0.2, 0.25) is 0 Å². The van der Waals surface area contributed by atoms with Crippen LogP contribution in [0.25, 0.3) is 0 Å². The van der Waals surface area contributed by atoms with Crippen molar-refractivity contribution >= 4 is 5.97 Å². The third kappa shape index (κ3) is 10.5. The van der Waals surface area contributed by atoms with E-state index in [2.05, 4.69) is 27.4 Å². The fraction of sp³-hybridized carbons (Fsp3) is 0.850. The molecule has 0 aliphatic carbocycles. The Balaban J connectivity index is 3.40. The van der Waals surface area contributed by atoms with Crippen LogP contribution in [0.1, 0.15) is 79.1 Å². The van der Waals surface area contributed by atoms with E-state index < -0.39 is 0 Å². The average Bonchev–Trinajstić information content (AvgIpc) is 2.56. The van der Waals surface area contributed by atoms with E-state index in [-0.39, 0.29) is 5.97 Å². The first kappa shape index (κ1) is 22.2. The molecule has 0 aliphatic heterocycles. The summed E-state index contributed by atoms with van der Waals surface area (Å²) in [5.41, 5.74) is 0.488. The van der Waals surface area contributed by atoms with Crippen molar-refractivity contribution in [1.82, 2.24) is 0 Å². The maximum Gasteiger partial charge on any atom is 0.333 e. The Morgan fingerprint density at radius 2 is 1.26 bits per heavy atom. The molecule has 0 fully saturated rings. The molecule has 0 spiro atoms. The highest BCUT2D eigenvalue weighted by Gasteiger charge is 2.19. The molecule has 0 aromatic rings. The van der Waals surface area contributed by atoms with Gasteiger partial charge in [-0.2, -0.15) is 0 Å². The van der Waals surface area contributed by atoms with E-state index in [0.29, 0.717) is 12.2 Å². The van der Waals surface area contributed by atoms with Crippen molar-refractivity contribution in [2.24, 2.45) is 0 Å². The minimum absolute atomic E-state index is 0.259. The second kappa shape index (κ2) is 13.6. The summed E-state index contributed by atoms with van der Waals surface area (Å²) in [5.74, 6) is -0.259. The molecular weight excluding hydrogens is 286 g/mol. The lowest BCUT2D eigenvalue weighted by atomic mass is 10.1. The van der Waals surface area contributed by atoms with Crippen LogP contribution in [0, 0.1) is 0 Å². The van der Waals surface area contributed by atoms with Crippen molar-refractivity contribution in [3.63, 3.8) is 0 Å². The molecule has 3 heteroatoms. The summed E-state index contributed by atoms with van der Waals surface area (Å²) < 4.78 is 6.37. The minimum atomic E-state index is -0.259. The van der Waals surface area contributed by atoms with Gasteiger partial charge in [0.05, 0.1) is 32.8 Å². The number of esters is 1. The number of carbonyl (C=O) groups excluding carboxylic acids is 1. The van der Waals surface area contributed by atoms with Crippen LogP contribution >= 0.6 is 0 Å². The molecule has 23 heavy (non-hydrogen) atoms. The Morgan fingerprint density at radius 3 is 1.70 bits per heavy atom. The van der Waals surface area contributed by atoms with Crippen molar-refractivity contribution in [3.05, 3.63) is 12.2 Å². The molecule has 0 saturated heterocycles. The molecular formula is C20H40NO2+. The largest absolute Gasteiger partial charge is 0.462 e. The lowest BCUT2D eigenvalue weighted by molar-refractivity contribution is -0.923. The summed E-state index contributed by atoms with van der Waals surface area (Å²) in [6, 6.07) is 0. The summed E-state index contributed by atoms with van der Waals surface area (Å²) >= 11 is 0. The van der Waals surface area contributed by atoms with Gasteiger partial charge in [-0.1, -0.05) is 38.7 Å². The third-order valence-electron chi connectivity index (χ3n) is 5.12. The summed E-state index contributed by atoms with van der Waals surface area (Å²) in [6.07, 6.45) is 10.1. The lowest BCUT2D eigenvalue weighted by Gasteiger charge is -2.35. The van der Waals surface area contributed by atoms with Gasteiger partial charge >= 0.3 is 5.97 Å². The maximum atomic E-state index is 11.2. The predicted molar refractivity (Wildman–Crippen MR) is 99.5 cm³/mol. The number of carbonyl (C=O) groups is 1. The highest BCUT2D eigenvalue weighted by atomic mass is 16.5. The Hall–Kier alpha value is -0.830. The molecule has 0 bridgehead atoms. The van der Waals surface area contributed by atoms with Crippen molar-refractivity contribution in [3.8, 4) is 0 Å². The Labute approximate surface area is 144 Å². The van der Waals surface area contributed by atoms with Gasteiger partial charge in [0.1, 0.15) is 0 Å². The summed E-state index contributed by atoms with van der Waals surface area (Å²) in [5, 5.41) is 0. The van der Waals surface area contributed by atoms with E-state index >= 15 is 0 Å². The first-order valence-corrected chi connectivity index (χ1v) is 9.69. The number of nitrogens with zero attached hydrogens (tertiary/aromatic N) is 1. The molecule has 0 heterocycles. The molecule has 0 amide bonds. The van der Waals surface area contributed by atoms with Gasteiger partial charge in [0.15, 0.2) is 0 Å². The fourth-order valence-corrected chi connectivity index (χ4v) is 3.04. The van der Waals surface area contributed by atoms with Gasteiger partial charge in [-0.05, 0) is 47.0 Å². The van der Waals surface area contributed by atoms with Crippen molar-refractivity contribution in [1.29, 1.82) is 0 Å². The van der Waals surface area contributed by atoms with Gasteiger partial charge in [0.2, 0.25) is 0 Å². The van der Waals surface area contributed by atoms with Crippen LogP contribution in [0.5, 0.6) is 0 Å². The zero-order valence-electron chi connectivity index (χ0n) is 16.2. The topological polar surface area (TPSA) is 26.3 Å². The number of unbranched alkanes of at least 4 members (excludes halogenated alkanes) is 7. The second-order valence-corrected chi connectivity index (χ2v) is 6.76. The molecule has 0 rings (SSSR count).